The van der Waals surface area contributed by atoms with Gasteiger partial charge in [-0.25, -0.2) is 4.79 Å². The number of hydrogen-bond donors (Lipinski definition) is 1. The van der Waals surface area contributed by atoms with Crippen molar-refractivity contribution in [1.29, 1.82) is 0 Å². The number of carboxylic acids is 1. The third kappa shape index (κ3) is 4.48. The van der Waals surface area contributed by atoms with Crippen LogP contribution in [0.25, 0.3) is 11.1 Å². The molecule has 2 unspecified atom stereocenters. The molecule has 7 heteroatoms. The third-order valence-electron chi connectivity index (χ3n) is 6.26. The second-order valence-corrected chi connectivity index (χ2v) is 9.86. The Morgan fingerprint density at radius 2 is 1.59 bits per heavy atom. The Kier molecular flexibility index (Phi) is 7.10. The molecule has 1 aliphatic carbocycles. The number of rotatable bonds is 7. The number of carbonyl (C=O) groups excluding carboxylic acids is 2. The molecule has 1 fully saturated rings. The molecule has 5 nitrogen and oxygen atoms in total. The lowest BCUT2D eigenvalue weighted by Gasteiger charge is -2.30. The normalized spacial score (nSPS) is 19.5. The second-order valence-electron chi connectivity index (χ2n) is 8.18. The molecule has 0 amide bonds. The van der Waals surface area contributed by atoms with Gasteiger partial charge in [-0.05, 0) is 48.2 Å². The summed E-state index contributed by atoms with van der Waals surface area (Å²) >= 11 is 7.23. The van der Waals surface area contributed by atoms with E-state index >= 15 is 0 Å². The van der Waals surface area contributed by atoms with Crippen LogP contribution in [0.4, 0.5) is 0 Å². The number of methoxy groups -OCH3 is 1. The number of halogens is 1. The zero-order valence-corrected chi connectivity index (χ0v) is 20.1. The van der Waals surface area contributed by atoms with Crippen molar-refractivity contribution in [2.75, 3.05) is 7.11 Å². The number of esters is 1. The molecule has 2 atom stereocenters. The van der Waals surface area contributed by atoms with E-state index in [1.807, 2.05) is 24.3 Å². The van der Waals surface area contributed by atoms with Gasteiger partial charge in [-0.3, -0.25) is 9.59 Å². The van der Waals surface area contributed by atoms with Gasteiger partial charge < -0.3 is 9.84 Å². The van der Waals surface area contributed by atoms with Gasteiger partial charge in [0.05, 0.1) is 12.7 Å². The van der Waals surface area contributed by atoms with Gasteiger partial charge in [-0.1, -0.05) is 66.6 Å². The summed E-state index contributed by atoms with van der Waals surface area (Å²) in [7, 11) is 1.30. The smallest absolute Gasteiger partial charge is 0.338 e. The number of benzene rings is 3. The van der Waals surface area contributed by atoms with Crippen LogP contribution in [0, 0.1) is 5.41 Å². The fraction of sp³-hybridized carbons (Fsp3) is 0.222. The van der Waals surface area contributed by atoms with Crippen molar-refractivity contribution in [2.24, 2.45) is 5.41 Å². The Hall–Kier alpha value is -3.09. The molecular formula is C27H23ClO5S. The number of carboxylic acid groups (broad SMARTS) is 1. The van der Waals surface area contributed by atoms with Crippen LogP contribution in [0.1, 0.15) is 40.0 Å². The van der Waals surface area contributed by atoms with E-state index in [1.165, 1.54) is 18.9 Å². The van der Waals surface area contributed by atoms with Crippen LogP contribution in [0.3, 0.4) is 0 Å². The summed E-state index contributed by atoms with van der Waals surface area (Å²) in [5, 5.41) is 10.4. The predicted molar refractivity (Wildman–Crippen MR) is 133 cm³/mol. The maximum Gasteiger partial charge on any atom is 0.338 e. The molecule has 0 spiro atoms. The van der Waals surface area contributed by atoms with Crippen LogP contribution in [0.2, 0.25) is 5.02 Å². The molecule has 34 heavy (non-hydrogen) atoms. The van der Waals surface area contributed by atoms with Crippen molar-refractivity contribution in [3.05, 3.63) is 88.9 Å². The van der Waals surface area contributed by atoms with Crippen LogP contribution in [-0.2, 0) is 9.53 Å². The van der Waals surface area contributed by atoms with Crippen LogP contribution >= 0.6 is 23.4 Å². The van der Waals surface area contributed by atoms with E-state index in [9.17, 15) is 19.5 Å². The molecule has 0 aliphatic heterocycles. The van der Waals surface area contributed by atoms with Crippen molar-refractivity contribution in [2.45, 2.75) is 29.4 Å². The Morgan fingerprint density at radius 1 is 0.971 bits per heavy atom. The molecule has 1 saturated carbocycles. The summed E-state index contributed by atoms with van der Waals surface area (Å²) < 4.78 is 4.87. The SMILES string of the molecule is COC(=O)c1ccccc1SC1CCCC1(C(=O)O)C(=O)c1ccc(-c2ccc(Cl)cc2)cc1. The lowest BCUT2D eigenvalue weighted by Crippen LogP contribution is -2.44. The van der Waals surface area contributed by atoms with Crippen LogP contribution in [0.5, 0.6) is 0 Å². The Labute approximate surface area is 207 Å². The zero-order chi connectivity index (χ0) is 24.3. The fourth-order valence-electron chi connectivity index (χ4n) is 4.45. The minimum absolute atomic E-state index is 0.248. The number of Topliss-reactive ketones (excluding diaryl/α,β-unsaturated/α-hetero) is 1. The van der Waals surface area contributed by atoms with E-state index in [-0.39, 0.29) is 6.42 Å². The van der Waals surface area contributed by atoms with Crippen molar-refractivity contribution < 1.29 is 24.2 Å². The van der Waals surface area contributed by atoms with E-state index < -0.39 is 28.4 Å². The van der Waals surface area contributed by atoms with Crippen LogP contribution in [0.15, 0.2) is 77.7 Å². The monoisotopic (exact) mass is 494 g/mol. The summed E-state index contributed by atoms with van der Waals surface area (Å²) in [5.74, 6) is -2.04. The highest BCUT2D eigenvalue weighted by atomic mass is 35.5. The van der Waals surface area contributed by atoms with Gasteiger partial charge >= 0.3 is 11.9 Å². The first-order valence-corrected chi connectivity index (χ1v) is 12.1. The molecule has 3 aromatic rings. The number of ether oxygens (including phenoxy) is 1. The highest BCUT2D eigenvalue weighted by molar-refractivity contribution is 8.00. The molecule has 1 N–H and O–H groups in total. The first-order valence-electron chi connectivity index (χ1n) is 10.8. The Balaban J connectivity index is 1.65. The largest absolute Gasteiger partial charge is 0.480 e. The Bertz CT molecular complexity index is 1220. The maximum atomic E-state index is 13.7. The van der Waals surface area contributed by atoms with Crippen molar-refractivity contribution in [1.82, 2.24) is 0 Å². The highest BCUT2D eigenvalue weighted by Gasteiger charge is 2.55. The summed E-state index contributed by atoms with van der Waals surface area (Å²) in [5.41, 5.74) is 0.997. The molecule has 0 saturated heterocycles. The second kappa shape index (κ2) is 10.0. The third-order valence-corrected chi connectivity index (χ3v) is 8.04. The van der Waals surface area contributed by atoms with Gasteiger partial charge in [0, 0.05) is 20.7 Å². The van der Waals surface area contributed by atoms with E-state index in [2.05, 4.69) is 0 Å². The maximum absolute atomic E-state index is 13.7. The van der Waals surface area contributed by atoms with Gasteiger partial charge in [0.15, 0.2) is 5.78 Å². The number of carbonyl (C=O) groups is 3. The van der Waals surface area contributed by atoms with E-state index in [1.54, 1.807) is 48.5 Å². The molecule has 3 aromatic carbocycles. The van der Waals surface area contributed by atoms with E-state index in [4.69, 9.17) is 16.3 Å². The Morgan fingerprint density at radius 3 is 2.21 bits per heavy atom. The zero-order valence-electron chi connectivity index (χ0n) is 18.5. The fourth-order valence-corrected chi connectivity index (χ4v) is 6.13. The van der Waals surface area contributed by atoms with Crippen LogP contribution in [-0.4, -0.2) is 35.2 Å². The van der Waals surface area contributed by atoms with Gasteiger partial charge in [0.2, 0.25) is 0 Å². The predicted octanol–water partition coefficient (Wildman–Crippen LogP) is 6.39. The number of aliphatic carboxylic acids is 1. The molecule has 0 heterocycles. The standard InChI is InChI=1S/C27H23ClO5S/c1-33-25(30)21-5-2-3-6-22(21)34-23-7-4-16-27(23,26(31)32)24(29)19-10-8-17(9-11-19)18-12-14-20(28)15-13-18/h2-3,5-6,8-15,23H,4,7,16H2,1H3,(H,31,32). The van der Waals surface area contributed by atoms with E-state index in [0.717, 1.165) is 11.1 Å². The number of thioether (sulfide) groups is 1. The quantitative estimate of drug-likeness (QED) is 0.233. The summed E-state index contributed by atoms with van der Waals surface area (Å²) in [6, 6.07) is 21.3. The molecule has 0 aromatic heterocycles. The average Bonchev–Trinajstić information content (AvgIpc) is 3.28. The molecule has 174 valence electrons. The average molecular weight is 495 g/mol. The number of ketones is 1. The van der Waals surface area contributed by atoms with Crippen molar-refractivity contribution >= 4 is 41.1 Å². The molecule has 0 radical (unpaired) electrons. The van der Waals surface area contributed by atoms with E-state index in [0.29, 0.717) is 33.9 Å². The molecule has 1 aliphatic rings. The molecule has 4 rings (SSSR count). The van der Waals surface area contributed by atoms with Crippen molar-refractivity contribution in [3.8, 4) is 11.1 Å². The summed E-state index contributed by atoms with van der Waals surface area (Å²) in [6.07, 6.45) is 1.41. The lowest BCUT2D eigenvalue weighted by molar-refractivity contribution is -0.145. The minimum Gasteiger partial charge on any atom is -0.480 e. The first kappa shape index (κ1) is 24.0. The topological polar surface area (TPSA) is 80.7 Å². The van der Waals surface area contributed by atoms with Gasteiger partial charge in [0.25, 0.3) is 0 Å². The minimum atomic E-state index is -1.57. The summed E-state index contributed by atoms with van der Waals surface area (Å²) in [6.45, 7) is 0. The van der Waals surface area contributed by atoms with Crippen molar-refractivity contribution in [3.63, 3.8) is 0 Å². The van der Waals surface area contributed by atoms with Crippen LogP contribution < -0.4 is 0 Å². The van der Waals surface area contributed by atoms with Gasteiger partial charge in [-0.15, -0.1) is 11.8 Å². The highest BCUT2D eigenvalue weighted by Crippen LogP contribution is 2.50. The molecule has 0 bridgehead atoms. The lowest BCUT2D eigenvalue weighted by atomic mass is 9.78. The summed E-state index contributed by atoms with van der Waals surface area (Å²) in [4.78, 5) is 39.1. The van der Waals surface area contributed by atoms with Gasteiger partial charge in [0.1, 0.15) is 5.41 Å². The first-order chi connectivity index (χ1) is 16.4. The van der Waals surface area contributed by atoms with Gasteiger partial charge in [-0.2, -0.15) is 0 Å². The number of hydrogen-bond acceptors (Lipinski definition) is 5. The molecular weight excluding hydrogens is 472 g/mol.